The minimum Gasteiger partial charge on any atom is -0.396 e. The zero-order valence-electron chi connectivity index (χ0n) is 16.3. The standard InChI is InChI=1S/C22H24N4O3/c1-13-7-19(20(28)3-2-6-27)24-12-17(13)18-8-15-11-25-21(9-16(15)10-23-18)26-22(29)14-4-5-14/h7-12,14,20,27-28H,2-6H2,1H3,(H,25,26,29). The summed E-state index contributed by atoms with van der Waals surface area (Å²) in [6, 6.07) is 5.64. The van der Waals surface area contributed by atoms with Gasteiger partial charge in [-0.05, 0) is 56.4 Å². The van der Waals surface area contributed by atoms with Gasteiger partial charge in [-0.15, -0.1) is 0 Å². The molecule has 7 nitrogen and oxygen atoms in total. The average Bonchev–Trinajstić information content (AvgIpc) is 3.57. The molecule has 0 bridgehead atoms. The van der Waals surface area contributed by atoms with Gasteiger partial charge in [-0.25, -0.2) is 4.98 Å². The number of aryl methyl sites for hydroxylation is 1. The SMILES string of the molecule is Cc1cc(C(O)CCCO)ncc1-c1cc2cnc(NC(=O)C3CC3)cc2cn1. The Hall–Kier alpha value is -2.90. The Labute approximate surface area is 168 Å². The van der Waals surface area contributed by atoms with Crippen LogP contribution in [0.25, 0.3) is 22.0 Å². The molecule has 1 amide bonds. The summed E-state index contributed by atoms with van der Waals surface area (Å²) in [6.07, 6.45) is 7.45. The second kappa shape index (κ2) is 8.23. The van der Waals surface area contributed by atoms with Crippen LogP contribution < -0.4 is 5.32 Å². The molecular formula is C22H24N4O3. The van der Waals surface area contributed by atoms with E-state index in [4.69, 9.17) is 5.11 Å². The fourth-order valence-electron chi connectivity index (χ4n) is 3.29. The van der Waals surface area contributed by atoms with Crippen molar-refractivity contribution in [2.75, 3.05) is 11.9 Å². The van der Waals surface area contributed by atoms with Gasteiger partial charge in [0.1, 0.15) is 5.82 Å². The van der Waals surface area contributed by atoms with E-state index in [2.05, 4.69) is 20.3 Å². The number of hydrogen-bond donors (Lipinski definition) is 3. The molecule has 29 heavy (non-hydrogen) atoms. The van der Waals surface area contributed by atoms with Gasteiger partial charge in [-0.1, -0.05) is 0 Å². The van der Waals surface area contributed by atoms with E-state index in [1.165, 1.54) is 0 Å². The summed E-state index contributed by atoms with van der Waals surface area (Å²) in [7, 11) is 0. The van der Waals surface area contributed by atoms with E-state index in [1.807, 2.05) is 25.1 Å². The maximum absolute atomic E-state index is 11.9. The summed E-state index contributed by atoms with van der Waals surface area (Å²) >= 11 is 0. The normalized spacial score (nSPS) is 14.7. The summed E-state index contributed by atoms with van der Waals surface area (Å²) in [5, 5.41) is 23.8. The minimum absolute atomic E-state index is 0.0318. The molecule has 1 aliphatic rings. The van der Waals surface area contributed by atoms with E-state index in [-0.39, 0.29) is 18.4 Å². The van der Waals surface area contributed by atoms with Gasteiger partial charge in [-0.2, -0.15) is 0 Å². The van der Waals surface area contributed by atoms with E-state index in [9.17, 15) is 9.90 Å². The van der Waals surface area contributed by atoms with Gasteiger partial charge in [0.25, 0.3) is 0 Å². The van der Waals surface area contributed by atoms with Gasteiger partial charge < -0.3 is 15.5 Å². The first kappa shape index (κ1) is 19.4. The summed E-state index contributed by atoms with van der Waals surface area (Å²) in [5.41, 5.74) is 3.22. The zero-order chi connectivity index (χ0) is 20.4. The van der Waals surface area contributed by atoms with Crippen LogP contribution in [0.3, 0.4) is 0 Å². The topological polar surface area (TPSA) is 108 Å². The number of carbonyl (C=O) groups is 1. The number of nitrogens with one attached hydrogen (secondary N) is 1. The Balaban J connectivity index is 1.56. The van der Waals surface area contributed by atoms with Crippen LogP contribution in [-0.2, 0) is 4.79 Å². The van der Waals surface area contributed by atoms with E-state index in [0.29, 0.717) is 24.4 Å². The highest BCUT2D eigenvalue weighted by Crippen LogP contribution is 2.31. The van der Waals surface area contributed by atoms with Crippen LogP contribution in [0, 0.1) is 12.8 Å². The lowest BCUT2D eigenvalue weighted by Crippen LogP contribution is -2.14. The van der Waals surface area contributed by atoms with Gasteiger partial charge in [0, 0.05) is 47.5 Å². The van der Waals surface area contributed by atoms with E-state index < -0.39 is 6.10 Å². The predicted octanol–water partition coefficient (Wildman–Crippen LogP) is 3.15. The summed E-state index contributed by atoms with van der Waals surface area (Å²) in [4.78, 5) is 25.2. The molecule has 0 spiro atoms. The molecule has 1 aliphatic carbocycles. The molecule has 0 aromatic carbocycles. The molecule has 1 fully saturated rings. The number of carbonyl (C=O) groups excluding carboxylic acids is 1. The van der Waals surface area contributed by atoms with Crippen LogP contribution in [0.5, 0.6) is 0 Å². The minimum atomic E-state index is -0.687. The number of rotatable bonds is 7. The number of amides is 1. The van der Waals surface area contributed by atoms with Gasteiger partial charge in [-0.3, -0.25) is 14.8 Å². The van der Waals surface area contributed by atoms with E-state index >= 15 is 0 Å². The Bertz CT molecular complexity index is 1050. The zero-order valence-corrected chi connectivity index (χ0v) is 16.3. The second-order valence-electron chi connectivity index (χ2n) is 7.56. The molecule has 0 saturated heterocycles. The average molecular weight is 392 g/mol. The Morgan fingerprint density at radius 2 is 1.90 bits per heavy atom. The van der Waals surface area contributed by atoms with Crippen LogP contribution in [-0.4, -0.2) is 37.7 Å². The molecule has 4 rings (SSSR count). The van der Waals surface area contributed by atoms with Crippen molar-refractivity contribution in [1.29, 1.82) is 0 Å². The first-order valence-corrected chi connectivity index (χ1v) is 9.87. The van der Waals surface area contributed by atoms with Crippen molar-refractivity contribution in [3.63, 3.8) is 0 Å². The van der Waals surface area contributed by atoms with Crippen molar-refractivity contribution in [3.8, 4) is 11.3 Å². The highest BCUT2D eigenvalue weighted by molar-refractivity contribution is 5.95. The third kappa shape index (κ3) is 4.41. The number of pyridine rings is 3. The van der Waals surface area contributed by atoms with Gasteiger partial charge in [0.2, 0.25) is 5.91 Å². The van der Waals surface area contributed by atoms with Crippen molar-refractivity contribution in [3.05, 3.63) is 48.0 Å². The Morgan fingerprint density at radius 1 is 1.14 bits per heavy atom. The van der Waals surface area contributed by atoms with Gasteiger partial charge in [0.05, 0.1) is 17.5 Å². The fraction of sp³-hybridized carbons (Fsp3) is 0.364. The van der Waals surface area contributed by atoms with Crippen LogP contribution in [0.4, 0.5) is 5.82 Å². The number of aromatic nitrogens is 3. The molecule has 3 N–H and O–H groups in total. The number of anilines is 1. The smallest absolute Gasteiger partial charge is 0.228 e. The van der Waals surface area contributed by atoms with Crippen LogP contribution in [0.2, 0.25) is 0 Å². The molecule has 3 heterocycles. The van der Waals surface area contributed by atoms with Crippen molar-refractivity contribution < 1.29 is 15.0 Å². The largest absolute Gasteiger partial charge is 0.396 e. The lowest BCUT2D eigenvalue weighted by Gasteiger charge is -2.12. The van der Waals surface area contributed by atoms with Crippen molar-refractivity contribution in [1.82, 2.24) is 15.0 Å². The summed E-state index contributed by atoms with van der Waals surface area (Å²) in [6.45, 7) is 2.01. The monoisotopic (exact) mass is 392 g/mol. The number of fused-ring (bicyclic) bond motifs is 1. The predicted molar refractivity (Wildman–Crippen MR) is 110 cm³/mol. The molecule has 7 heteroatoms. The van der Waals surface area contributed by atoms with Crippen molar-refractivity contribution in [2.24, 2.45) is 5.92 Å². The summed E-state index contributed by atoms with van der Waals surface area (Å²) in [5.74, 6) is 0.709. The first-order chi connectivity index (χ1) is 14.0. The van der Waals surface area contributed by atoms with E-state index in [0.717, 1.165) is 40.4 Å². The molecular weight excluding hydrogens is 368 g/mol. The van der Waals surface area contributed by atoms with Crippen LogP contribution in [0.1, 0.15) is 43.0 Å². The number of aliphatic hydroxyl groups is 2. The molecule has 3 aromatic heterocycles. The lowest BCUT2D eigenvalue weighted by molar-refractivity contribution is -0.117. The number of aliphatic hydroxyl groups excluding tert-OH is 2. The highest BCUT2D eigenvalue weighted by Gasteiger charge is 2.29. The third-order valence-corrected chi connectivity index (χ3v) is 5.19. The molecule has 0 radical (unpaired) electrons. The molecule has 1 saturated carbocycles. The lowest BCUT2D eigenvalue weighted by atomic mass is 10.0. The first-order valence-electron chi connectivity index (χ1n) is 9.87. The maximum atomic E-state index is 11.9. The van der Waals surface area contributed by atoms with Crippen LogP contribution >= 0.6 is 0 Å². The number of nitrogens with zero attached hydrogens (tertiary/aromatic N) is 3. The molecule has 0 aliphatic heterocycles. The van der Waals surface area contributed by atoms with Crippen molar-refractivity contribution in [2.45, 2.75) is 38.7 Å². The maximum Gasteiger partial charge on any atom is 0.228 e. The quantitative estimate of drug-likeness (QED) is 0.570. The second-order valence-corrected chi connectivity index (χ2v) is 7.56. The van der Waals surface area contributed by atoms with E-state index in [1.54, 1.807) is 18.6 Å². The van der Waals surface area contributed by atoms with Crippen LogP contribution in [0.15, 0.2) is 36.8 Å². The fourth-order valence-corrected chi connectivity index (χ4v) is 3.29. The van der Waals surface area contributed by atoms with Gasteiger partial charge in [0.15, 0.2) is 0 Å². The molecule has 150 valence electrons. The summed E-state index contributed by atoms with van der Waals surface area (Å²) < 4.78 is 0. The molecule has 1 unspecified atom stereocenters. The highest BCUT2D eigenvalue weighted by atomic mass is 16.3. The Kier molecular flexibility index (Phi) is 5.51. The Morgan fingerprint density at radius 3 is 2.62 bits per heavy atom. The molecule has 1 atom stereocenters. The molecule has 3 aromatic rings. The van der Waals surface area contributed by atoms with Crippen molar-refractivity contribution >= 4 is 22.5 Å². The third-order valence-electron chi connectivity index (χ3n) is 5.19. The number of hydrogen-bond acceptors (Lipinski definition) is 6. The van der Waals surface area contributed by atoms with Gasteiger partial charge >= 0.3 is 0 Å².